The molecule has 18 heavy (non-hydrogen) atoms. The standard InChI is InChI=1S/C15H24N2O/c1-16-8-7-14-5-2-3-6-15(14)13-17-9-4-11-18-12-10-17/h2-3,5-6,16H,4,7-13H2,1H3. The van der Waals surface area contributed by atoms with Crippen molar-refractivity contribution in [3.8, 4) is 0 Å². The van der Waals surface area contributed by atoms with E-state index in [2.05, 4.69) is 34.5 Å². The van der Waals surface area contributed by atoms with E-state index >= 15 is 0 Å². The van der Waals surface area contributed by atoms with Crippen LogP contribution in [0.2, 0.25) is 0 Å². The molecule has 1 aromatic carbocycles. The molecule has 3 nitrogen and oxygen atoms in total. The topological polar surface area (TPSA) is 24.5 Å². The molecule has 1 heterocycles. The molecule has 0 atom stereocenters. The third-order valence-corrected chi connectivity index (χ3v) is 3.47. The predicted molar refractivity (Wildman–Crippen MR) is 74.8 cm³/mol. The number of rotatable bonds is 5. The molecule has 1 aliphatic heterocycles. The molecule has 0 aromatic heterocycles. The Morgan fingerprint density at radius 1 is 1.17 bits per heavy atom. The maximum Gasteiger partial charge on any atom is 0.0593 e. The van der Waals surface area contributed by atoms with Crippen LogP contribution in [-0.4, -0.2) is 44.8 Å². The zero-order chi connectivity index (χ0) is 12.6. The lowest BCUT2D eigenvalue weighted by atomic mass is 10.0. The van der Waals surface area contributed by atoms with E-state index in [1.165, 1.54) is 11.1 Å². The molecule has 0 bridgehead atoms. The second kappa shape index (κ2) is 7.52. The first-order chi connectivity index (χ1) is 8.90. The molecule has 3 heteroatoms. The molecule has 1 N–H and O–H groups in total. The van der Waals surface area contributed by atoms with E-state index in [-0.39, 0.29) is 0 Å². The highest BCUT2D eigenvalue weighted by Gasteiger charge is 2.11. The minimum absolute atomic E-state index is 0.874. The van der Waals surface area contributed by atoms with Crippen LogP contribution in [0, 0.1) is 0 Å². The van der Waals surface area contributed by atoms with Crippen LogP contribution in [0.15, 0.2) is 24.3 Å². The summed E-state index contributed by atoms with van der Waals surface area (Å²) in [7, 11) is 2.01. The summed E-state index contributed by atoms with van der Waals surface area (Å²) < 4.78 is 5.51. The molecule has 1 aromatic rings. The van der Waals surface area contributed by atoms with E-state index in [0.29, 0.717) is 0 Å². The molecule has 0 spiro atoms. The number of hydrogen-bond acceptors (Lipinski definition) is 3. The molecular formula is C15H24N2O. The number of likely N-dealkylation sites (N-methyl/N-ethyl adjacent to an activating group) is 1. The molecule has 0 radical (unpaired) electrons. The van der Waals surface area contributed by atoms with Gasteiger partial charge in [0.1, 0.15) is 0 Å². The summed E-state index contributed by atoms with van der Waals surface area (Å²) >= 11 is 0. The fraction of sp³-hybridized carbons (Fsp3) is 0.600. The van der Waals surface area contributed by atoms with Crippen molar-refractivity contribution in [1.29, 1.82) is 0 Å². The zero-order valence-corrected chi connectivity index (χ0v) is 11.3. The van der Waals surface area contributed by atoms with Crippen LogP contribution in [0.1, 0.15) is 17.5 Å². The molecule has 1 saturated heterocycles. The summed E-state index contributed by atoms with van der Waals surface area (Å²) in [4.78, 5) is 2.51. The van der Waals surface area contributed by atoms with Gasteiger partial charge in [-0.3, -0.25) is 4.90 Å². The molecule has 1 fully saturated rings. The molecule has 0 unspecified atom stereocenters. The maximum absolute atomic E-state index is 5.51. The van der Waals surface area contributed by atoms with Gasteiger partial charge in [-0.15, -0.1) is 0 Å². The lowest BCUT2D eigenvalue weighted by Crippen LogP contribution is -2.26. The Hall–Kier alpha value is -0.900. The summed E-state index contributed by atoms with van der Waals surface area (Å²) in [6, 6.07) is 8.80. The van der Waals surface area contributed by atoms with E-state index in [1.807, 2.05) is 7.05 Å². The third kappa shape index (κ3) is 4.09. The van der Waals surface area contributed by atoms with Gasteiger partial charge in [-0.25, -0.2) is 0 Å². The fourth-order valence-electron chi connectivity index (χ4n) is 2.41. The van der Waals surface area contributed by atoms with Gasteiger partial charge < -0.3 is 10.1 Å². The number of nitrogens with one attached hydrogen (secondary N) is 1. The molecule has 0 saturated carbocycles. The van der Waals surface area contributed by atoms with Crippen LogP contribution in [0.5, 0.6) is 0 Å². The van der Waals surface area contributed by atoms with Gasteiger partial charge in [0, 0.05) is 26.2 Å². The molecule has 0 amide bonds. The van der Waals surface area contributed by atoms with Crippen molar-refractivity contribution in [3.05, 3.63) is 35.4 Å². The van der Waals surface area contributed by atoms with E-state index in [1.54, 1.807) is 0 Å². The summed E-state index contributed by atoms with van der Waals surface area (Å²) in [5, 5.41) is 3.22. The zero-order valence-electron chi connectivity index (χ0n) is 11.3. The Balaban J connectivity index is 1.98. The highest BCUT2D eigenvalue weighted by molar-refractivity contribution is 5.27. The normalized spacial score (nSPS) is 17.6. The fourth-order valence-corrected chi connectivity index (χ4v) is 2.41. The van der Waals surface area contributed by atoms with Crippen molar-refractivity contribution in [2.75, 3.05) is 39.9 Å². The van der Waals surface area contributed by atoms with E-state index in [4.69, 9.17) is 4.74 Å². The van der Waals surface area contributed by atoms with Gasteiger partial charge >= 0.3 is 0 Å². The summed E-state index contributed by atoms with van der Waals surface area (Å²) in [5.41, 5.74) is 2.94. The Labute approximate surface area is 110 Å². The largest absolute Gasteiger partial charge is 0.380 e. The second-order valence-corrected chi connectivity index (χ2v) is 4.86. The third-order valence-electron chi connectivity index (χ3n) is 3.47. The Bertz CT molecular complexity index is 346. The van der Waals surface area contributed by atoms with Crippen molar-refractivity contribution >= 4 is 0 Å². The molecule has 100 valence electrons. The first-order valence-electron chi connectivity index (χ1n) is 6.91. The maximum atomic E-state index is 5.51. The number of hydrogen-bond donors (Lipinski definition) is 1. The molecular weight excluding hydrogens is 224 g/mol. The monoisotopic (exact) mass is 248 g/mol. The second-order valence-electron chi connectivity index (χ2n) is 4.86. The van der Waals surface area contributed by atoms with Gasteiger partial charge in [-0.05, 0) is 37.6 Å². The van der Waals surface area contributed by atoms with Crippen molar-refractivity contribution < 1.29 is 4.74 Å². The van der Waals surface area contributed by atoms with Gasteiger partial charge in [0.2, 0.25) is 0 Å². The van der Waals surface area contributed by atoms with Crippen LogP contribution in [0.4, 0.5) is 0 Å². The van der Waals surface area contributed by atoms with Crippen molar-refractivity contribution in [2.24, 2.45) is 0 Å². The highest BCUT2D eigenvalue weighted by atomic mass is 16.5. The quantitative estimate of drug-likeness (QED) is 0.858. The molecule has 2 rings (SSSR count). The van der Waals surface area contributed by atoms with Crippen molar-refractivity contribution in [3.63, 3.8) is 0 Å². The van der Waals surface area contributed by atoms with E-state index < -0.39 is 0 Å². The highest BCUT2D eigenvalue weighted by Crippen LogP contribution is 2.13. The van der Waals surface area contributed by atoms with Crippen LogP contribution in [0.25, 0.3) is 0 Å². The van der Waals surface area contributed by atoms with Crippen molar-refractivity contribution in [1.82, 2.24) is 10.2 Å². The minimum atomic E-state index is 0.874. The van der Waals surface area contributed by atoms with Crippen LogP contribution >= 0.6 is 0 Å². The SMILES string of the molecule is CNCCc1ccccc1CN1CCCOCC1. The van der Waals surface area contributed by atoms with Crippen LogP contribution in [-0.2, 0) is 17.7 Å². The van der Waals surface area contributed by atoms with Gasteiger partial charge in [-0.1, -0.05) is 24.3 Å². The average Bonchev–Trinajstić information content (AvgIpc) is 2.66. The number of ether oxygens (including phenoxy) is 1. The van der Waals surface area contributed by atoms with E-state index in [0.717, 1.165) is 52.2 Å². The summed E-state index contributed by atoms with van der Waals surface area (Å²) in [6.45, 7) is 6.10. The molecule has 1 aliphatic rings. The first-order valence-corrected chi connectivity index (χ1v) is 6.91. The molecule has 0 aliphatic carbocycles. The van der Waals surface area contributed by atoms with Gasteiger partial charge in [0.15, 0.2) is 0 Å². The van der Waals surface area contributed by atoms with Crippen LogP contribution < -0.4 is 5.32 Å². The number of nitrogens with zero attached hydrogens (tertiary/aromatic N) is 1. The van der Waals surface area contributed by atoms with Crippen molar-refractivity contribution in [2.45, 2.75) is 19.4 Å². The van der Waals surface area contributed by atoms with E-state index in [9.17, 15) is 0 Å². The summed E-state index contributed by atoms with van der Waals surface area (Å²) in [5.74, 6) is 0. The summed E-state index contributed by atoms with van der Waals surface area (Å²) in [6.07, 6.45) is 2.26. The smallest absolute Gasteiger partial charge is 0.0593 e. The van der Waals surface area contributed by atoms with Gasteiger partial charge in [0.05, 0.1) is 6.61 Å². The minimum Gasteiger partial charge on any atom is -0.380 e. The Morgan fingerprint density at radius 3 is 2.83 bits per heavy atom. The Morgan fingerprint density at radius 2 is 2.00 bits per heavy atom. The average molecular weight is 248 g/mol. The Kier molecular flexibility index (Phi) is 5.65. The van der Waals surface area contributed by atoms with Gasteiger partial charge in [-0.2, -0.15) is 0 Å². The van der Waals surface area contributed by atoms with Crippen LogP contribution in [0.3, 0.4) is 0 Å². The lowest BCUT2D eigenvalue weighted by Gasteiger charge is -2.21. The first kappa shape index (κ1) is 13.5. The lowest BCUT2D eigenvalue weighted by molar-refractivity contribution is 0.140. The predicted octanol–water partition coefficient (Wildman–Crippen LogP) is 1.67. The van der Waals surface area contributed by atoms with Gasteiger partial charge in [0.25, 0.3) is 0 Å². The number of benzene rings is 1.